The number of rotatable bonds is 6. The Bertz CT molecular complexity index is 957. The number of carbonyl (C=O) groups excluding carboxylic acids is 3. The van der Waals surface area contributed by atoms with Crippen LogP contribution in [0, 0.1) is 34.5 Å². The van der Waals surface area contributed by atoms with Crippen molar-refractivity contribution in [3.8, 4) is 0 Å². The van der Waals surface area contributed by atoms with Crippen molar-refractivity contribution >= 4 is 29.3 Å². The zero-order chi connectivity index (χ0) is 25.8. The number of ketones is 1. The van der Waals surface area contributed by atoms with Crippen LogP contribution in [-0.2, 0) is 23.9 Å². The van der Waals surface area contributed by atoms with Gasteiger partial charge in [0.05, 0.1) is 6.10 Å². The first-order valence-corrected chi connectivity index (χ1v) is 13.5. The SMILES string of the molecule is CCC(=O)OCC(=O)[C@@]1(OC(=O)CC)[C@H](C)C[C@H]2[C@H]3[C@H]([C@@H](O)C[C@@]21C)[C@@]1(C)C=CCC=C1C[C@H]3Cl. The predicted octanol–water partition coefficient (Wildman–Crippen LogP) is 4.76. The molecule has 4 aliphatic carbocycles. The van der Waals surface area contributed by atoms with Crippen LogP contribution < -0.4 is 0 Å². The third-order valence-electron chi connectivity index (χ3n) is 9.71. The average molecular weight is 507 g/mol. The lowest BCUT2D eigenvalue weighted by Crippen LogP contribution is -2.65. The van der Waals surface area contributed by atoms with E-state index in [1.807, 2.05) is 13.8 Å². The number of aliphatic hydroxyl groups is 1. The van der Waals surface area contributed by atoms with Crippen LogP contribution in [0.5, 0.6) is 0 Å². The number of allylic oxidation sites excluding steroid dienone is 4. The molecule has 0 aliphatic heterocycles. The fourth-order valence-corrected chi connectivity index (χ4v) is 8.67. The molecule has 9 atom stereocenters. The molecule has 0 aromatic heterocycles. The molecule has 0 aromatic rings. The average Bonchev–Trinajstić information content (AvgIpc) is 3.03. The number of fused-ring (bicyclic) bond motifs is 5. The molecule has 194 valence electrons. The van der Waals surface area contributed by atoms with Crippen molar-refractivity contribution in [3.05, 3.63) is 23.8 Å². The van der Waals surface area contributed by atoms with Gasteiger partial charge in [-0.1, -0.05) is 58.4 Å². The van der Waals surface area contributed by atoms with E-state index in [4.69, 9.17) is 21.1 Å². The highest BCUT2D eigenvalue weighted by atomic mass is 35.5. The summed E-state index contributed by atoms with van der Waals surface area (Å²) in [6, 6.07) is 0. The monoisotopic (exact) mass is 506 g/mol. The van der Waals surface area contributed by atoms with Gasteiger partial charge < -0.3 is 14.6 Å². The summed E-state index contributed by atoms with van der Waals surface area (Å²) in [4.78, 5) is 38.4. The second-order valence-electron chi connectivity index (χ2n) is 11.4. The Hall–Kier alpha value is -1.66. The Morgan fingerprint density at radius 1 is 1.17 bits per heavy atom. The molecule has 6 nitrogen and oxygen atoms in total. The minimum Gasteiger partial charge on any atom is -0.457 e. The van der Waals surface area contributed by atoms with E-state index in [1.54, 1.807) is 13.8 Å². The van der Waals surface area contributed by atoms with Gasteiger partial charge in [0.15, 0.2) is 12.2 Å². The number of hydrogen-bond acceptors (Lipinski definition) is 6. The Morgan fingerprint density at radius 2 is 1.86 bits per heavy atom. The largest absolute Gasteiger partial charge is 0.457 e. The van der Waals surface area contributed by atoms with E-state index in [1.165, 1.54) is 5.57 Å². The molecule has 0 unspecified atom stereocenters. The summed E-state index contributed by atoms with van der Waals surface area (Å²) < 4.78 is 11.3. The third kappa shape index (κ3) is 3.81. The molecule has 0 spiro atoms. The zero-order valence-electron chi connectivity index (χ0n) is 21.5. The molecule has 4 rings (SSSR count). The van der Waals surface area contributed by atoms with Crippen LogP contribution in [0.25, 0.3) is 0 Å². The Morgan fingerprint density at radius 3 is 2.51 bits per heavy atom. The van der Waals surface area contributed by atoms with Crippen LogP contribution in [0.3, 0.4) is 0 Å². The number of Topliss-reactive ketones (excluding diaryl/α,β-unsaturated/α-hetero) is 1. The number of ether oxygens (including phenoxy) is 2. The number of halogens is 1. The molecule has 0 radical (unpaired) electrons. The van der Waals surface area contributed by atoms with Gasteiger partial charge in [-0.2, -0.15) is 0 Å². The molecule has 0 amide bonds. The molecule has 0 aromatic carbocycles. The van der Waals surface area contributed by atoms with Crippen LogP contribution in [0.1, 0.15) is 73.1 Å². The van der Waals surface area contributed by atoms with Crippen LogP contribution in [-0.4, -0.2) is 46.5 Å². The molecule has 0 heterocycles. The van der Waals surface area contributed by atoms with E-state index < -0.39 is 41.4 Å². The highest BCUT2D eigenvalue weighted by molar-refractivity contribution is 6.21. The lowest BCUT2D eigenvalue weighted by Gasteiger charge is -2.61. The predicted molar refractivity (Wildman–Crippen MR) is 133 cm³/mol. The summed E-state index contributed by atoms with van der Waals surface area (Å²) >= 11 is 7.10. The smallest absolute Gasteiger partial charge is 0.306 e. The first kappa shape index (κ1) is 26.4. The Labute approximate surface area is 213 Å². The molecule has 35 heavy (non-hydrogen) atoms. The molecular formula is C28H39ClO6. The van der Waals surface area contributed by atoms with E-state index in [2.05, 4.69) is 25.2 Å². The van der Waals surface area contributed by atoms with Gasteiger partial charge in [-0.15, -0.1) is 11.6 Å². The minimum absolute atomic E-state index is 0.0300. The second-order valence-corrected chi connectivity index (χ2v) is 12.0. The van der Waals surface area contributed by atoms with Gasteiger partial charge in [0.1, 0.15) is 0 Å². The van der Waals surface area contributed by atoms with Gasteiger partial charge in [0.25, 0.3) is 0 Å². The highest BCUT2D eigenvalue weighted by Crippen LogP contribution is 2.69. The first-order chi connectivity index (χ1) is 16.5. The quantitative estimate of drug-likeness (QED) is 0.317. The van der Waals surface area contributed by atoms with E-state index in [0.717, 1.165) is 12.8 Å². The summed E-state index contributed by atoms with van der Waals surface area (Å²) in [5.74, 6) is -1.82. The summed E-state index contributed by atoms with van der Waals surface area (Å²) in [5.41, 5.74) is -1.33. The number of esters is 2. The van der Waals surface area contributed by atoms with Crippen molar-refractivity contribution in [3.63, 3.8) is 0 Å². The van der Waals surface area contributed by atoms with Gasteiger partial charge in [-0.05, 0) is 37.5 Å². The normalized spacial score (nSPS) is 43.9. The fraction of sp³-hybridized carbons (Fsp3) is 0.750. The van der Waals surface area contributed by atoms with Crippen LogP contribution >= 0.6 is 11.6 Å². The van der Waals surface area contributed by atoms with Gasteiger partial charge in [0.2, 0.25) is 5.78 Å². The van der Waals surface area contributed by atoms with E-state index in [-0.39, 0.29) is 47.3 Å². The third-order valence-corrected chi connectivity index (χ3v) is 10.2. The number of alkyl halides is 1. The maximum Gasteiger partial charge on any atom is 0.306 e. The van der Waals surface area contributed by atoms with Gasteiger partial charge in [-0.25, -0.2) is 0 Å². The molecule has 4 aliphatic rings. The zero-order valence-corrected chi connectivity index (χ0v) is 22.3. The molecule has 3 fully saturated rings. The Balaban J connectivity index is 1.79. The molecule has 3 saturated carbocycles. The maximum atomic E-state index is 13.9. The molecule has 7 heteroatoms. The highest BCUT2D eigenvalue weighted by Gasteiger charge is 2.73. The molecular weight excluding hydrogens is 468 g/mol. The summed E-state index contributed by atoms with van der Waals surface area (Å²) in [5, 5.41) is 11.5. The van der Waals surface area contributed by atoms with Crippen molar-refractivity contribution in [2.24, 2.45) is 34.5 Å². The molecule has 1 N–H and O–H groups in total. The van der Waals surface area contributed by atoms with Crippen LogP contribution in [0.4, 0.5) is 0 Å². The topological polar surface area (TPSA) is 89.9 Å². The second kappa shape index (κ2) is 9.33. The van der Waals surface area contributed by atoms with Crippen molar-refractivity contribution in [1.29, 1.82) is 0 Å². The number of hydrogen-bond donors (Lipinski definition) is 1. The van der Waals surface area contributed by atoms with E-state index in [9.17, 15) is 19.5 Å². The lowest BCUT2D eigenvalue weighted by atomic mass is 9.46. The van der Waals surface area contributed by atoms with E-state index in [0.29, 0.717) is 12.8 Å². The van der Waals surface area contributed by atoms with Gasteiger partial charge >= 0.3 is 11.9 Å². The van der Waals surface area contributed by atoms with Crippen molar-refractivity contribution in [2.45, 2.75) is 90.2 Å². The van der Waals surface area contributed by atoms with Gasteiger partial charge in [0, 0.05) is 40.9 Å². The van der Waals surface area contributed by atoms with Crippen molar-refractivity contribution < 1.29 is 29.0 Å². The Kier molecular flexibility index (Phi) is 7.04. The maximum absolute atomic E-state index is 13.9. The van der Waals surface area contributed by atoms with Crippen molar-refractivity contribution in [2.75, 3.05) is 6.61 Å². The van der Waals surface area contributed by atoms with E-state index >= 15 is 0 Å². The van der Waals surface area contributed by atoms with Gasteiger partial charge in [-0.3, -0.25) is 14.4 Å². The summed E-state index contributed by atoms with van der Waals surface area (Å²) in [7, 11) is 0. The first-order valence-electron chi connectivity index (χ1n) is 13.1. The lowest BCUT2D eigenvalue weighted by molar-refractivity contribution is -0.205. The fourth-order valence-electron chi connectivity index (χ4n) is 8.17. The number of carbonyl (C=O) groups is 3. The van der Waals surface area contributed by atoms with Crippen LogP contribution in [0.15, 0.2) is 23.8 Å². The summed E-state index contributed by atoms with van der Waals surface area (Å²) in [6.45, 7) is 9.02. The number of aliphatic hydroxyl groups excluding tert-OH is 1. The van der Waals surface area contributed by atoms with Crippen LogP contribution in [0.2, 0.25) is 0 Å². The van der Waals surface area contributed by atoms with Crippen molar-refractivity contribution in [1.82, 2.24) is 0 Å². The minimum atomic E-state index is -1.49. The molecule has 0 bridgehead atoms. The standard InChI is InChI=1S/C28H39ClO6/c1-6-22(32)34-15-21(31)28(35-23(33)7-2)16(3)12-18-24-19(29)13-17-10-8-9-11-26(17,4)25(24)20(30)14-27(18,28)5/h9-11,16,18-20,24-25,30H,6-8,12-15H2,1-5H3/t16-,18+,19-,20+,24-,25+,26+,27+,28+/m1/s1. The summed E-state index contributed by atoms with van der Waals surface area (Å²) in [6.07, 6.45) is 8.76. The molecule has 0 saturated heterocycles.